The summed E-state index contributed by atoms with van der Waals surface area (Å²) in [5, 5.41) is 8.10. The van der Waals surface area contributed by atoms with E-state index in [2.05, 4.69) is 78.5 Å². The number of pyridine rings is 1. The van der Waals surface area contributed by atoms with Gasteiger partial charge in [0.1, 0.15) is 0 Å². The number of nitrogens with zero attached hydrogens (tertiary/aromatic N) is 1. The van der Waals surface area contributed by atoms with E-state index in [1.807, 2.05) is 12.4 Å². The third kappa shape index (κ3) is 1.86. The second-order valence-corrected chi connectivity index (χ2v) is 6.51. The molecule has 0 aliphatic rings. The maximum Gasteiger partial charge on any atom is 0.207 e. The van der Waals surface area contributed by atoms with Crippen LogP contribution < -0.4 is 10.9 Å². The van der Waals surface area contributed by atoms with E-state index in [0.29, 0.717) is 6.71 Å². The molecule has 1 nitrogen and oxygen atoms in total. The van der Waals surface area contributed by atoms with Crippen LogP contribution in [0.1, 0.15) is 0 Å². The normalized spacial score (nSPS) is 11.5. The van der Waals surface area contributed by atoms with Gasteiger partial charge in [0.2, 0.25) is 6.71 Å². The molecule has 0 bridgehead atoms. The Labute approximate surface area is 141 Å². The Kier molecular flexibility index (Phi) is 2.86. The summed E-state index contributed by atoms with van der Waals surface area (Å²) in [7, 11) is 0. The van der Waals surface area contributed by atoms with Gasteiger partial charge in [-0.15, -0.1) is 0 Å². The van der Waals surface area contributed by atoms with Gasteiger partial charge in [-0.3, -0.25) is 4.98 Å². The molecule has 1 heterocycles. The van der Waals surface area contributed by atoms with Gasteiger partial charge in [0.15, 0.2) is 0 Å². The Morgan fingerprint density at radius 3 is 2.04 bits per heavy atom. The first-order chi connectivity index (χ1) is 11.8. The van der Waals surface area contributed by atoms with Crippen molar-refractivity contribution in [2.75, 3.05) is 0 Å². The van der Waals surface area contributed by atoms with Crippen molar-refractivity contribution in [1.29, 1.82) is 0 Å². The van der Waals surface area contributed by atoms with Crippen molar-refractivity contribution in [3.8, 4) is 0 Å². The zero-order chi connectivity index (χ0) is 16.1. The summed E-state index contributed by atoms with van der Waals surface area (Å²) in [6.45, 7) is 2.62. The SMILES string of the molecule is CB(c1ccncc1)c1ccc2ccc3cccc4ccc1c2c34. The van der Waals surface area contributed by atoms with Crippen LogP contribution in [-0.4, -0.2) is 11.7 Å². The maximum absolute atomic E-state index is 4.15. The molecule has 5 rings (SSSR count). The molecule has 0 aliphatic carbocycles. The average Bonchev–Trinajstić information content (AvgIpc) is 2.66. The smallest absolute Gasteiger partial charge is 0.207 e. The standard InChI is InChI=1S/C22H16BN/c1-23(18-11-13-24-14-12-18)20-10-8-17-6-5-15-3-2-4-16-7-9-19(20)22(17)21(15)16/h2-14H,1H3. The highest BCUT2D eigenvalue weighted by Gasteiger charge is 2.18. The number of aromatic nitrogens is 1. The molecule has 0 aliphatic heterocycles. The van der Waals surface area contributed by atoms with Crippen molar-refractivity contribution in [3.63, 3.8) is 0 Å². The summed E-state index contributed by atoms with van der Waals surface area (Å²) in [5.41, 5.74) is 2.69. The predicted octanol–water partition coefficient (Wildman–Crippen LogP) is 4.22. The summed E-state index contributed by atoms with van der Waals surface area (Å²) in [4.78, 5) is 4.15. The highest BCUT2D eigenvalue weighted by molar-refractivity contribution is 6.86. The molecule has 0 N–H and O–H groups in total. The molecule has 5 aromatic rings. The largest absolute Gasteiger partial charge is 0.265 e. The minimum Gasteiger partial charge on any atom is -0.265 e. The van der Waals surface area contributed by atoms with Crippen molar-refractivity contribution in [3.05, 3.63) is 79.1 Å². The van der Waals surface area contributed by atoms with Crippen LogP contribution in [-0.2, 0) is 0 Å². The lowest BCUT2D eigenvalue weighted by Gasteiger charge is -2.16. The fourth-order valence-corrected chi connectivity index (χ4v) is 3.97. The first-order valence-corrected chi connectivity index (χ1v) is 8.39. The molecule has 24 heavy (non-hydrogen) atoms. The zero-order valence-electron chi connectivity index (χ0n) is 13.5. The van der Waals surface area contributed by atoms with Crippen LogP contribution >= 0.6 is 0 Å². The van der Waals surface area contributed by atoms with Gasteiger partial charge >= 0.3 is 0 Å². The molecule has 1 aromatic heterocycles. The van der Waals surface area contributed by atoms with Crippen molar-refractivity contribution in [2.24, 2.45) is 0 Å². The first kappa shape index (κ1) is 13.6. The van der Waals surface area contributed by atoms with Gasteiger partial charge in [0.05, 0.1) is 0 Å². The molecule has 0 unspecified atom stereocenters. The van der Waals surface area contributed by atoms with E-state index in [-0.39, 0.29) is 0 Å². The van der Waals surface area contributed by atoms with E-state index < -0.39 is 0 Å². The molecular formula is C22H16BN. The fourth-order valence-electron chi connectivity index (χ4n) is 3.97. The molecule has 0 atom stereocenters. The fraction of sp³-hybridized carbons (Fsp3) is 0.0455. The van der Waals surface area contributed by atoms with Gasteiger partial charge in [-0.2, -0.15) is 0 Å². The number of rotatable bonds is 2. The van der Waals surface area contributed by atoms with E-state index in [4.69, 9.17) is 0 Å². The van der Waals surface area contributed by atoms with Crippen molar-refractivity contribution in [2.45, 2.75) is 6.82 Å². The monoisotopic (exact) mass is 305 g/mol. The van der Waals surface area contributed by atoms with Gasteiger partial charge in [0, 0.05) is 12.4 Å². The second kappa shape index (κ2) is 5.07. The lowest BCUT2D eigenvalue weighted by Crippen LogP contribution is -2.39. The Morgan fingerprint density at radius 2 is 1.29 bits per heavy atom. The van der Waals surface area contributed by atoms with Gasteiger partial charge < -0.3 is 0 Å². The average molecular weight is 305 g/mol. The molecule has 112 valence electrons. The number of benzene rings is 4. The van der Waals surface area contributed by atoms with Gasteiger partial charge in [0.25, 0.3) is 0 Å². The van der Waals surface area contributed by atoms with Crippen molar-refractivity contribution in [1.82, 2.24) is 4.98 Å². The molecule has 0 saturated carbocycles. The van der Waals surface area contributed by atoms with Gasteiger partial charge in [-0.25, -0.2) is 0 Å². The van der Waals surface area contributed by atoms with E-state index in [9.17, 15) is 0 Å². The van der Waals surface area contributed by atoms with E-state index >= 15 is 0 Å². The topological polar surface area (TPSA) is 12.9 Å². The summed E-state index contributed by atoms with van der Waals surface area (Å²) < 4.78 is 0. The Hall–Kier alpha value is -2.87. The first-order valence-electron chi connectivity index (χ1n) is 8.39. The zero-order valence-corrected chi connectivity index (χ0v) is 13.5. The second-order valence-electron chi connectivity index (χ2n) is 6.51. The number of hydrogen-bond donors (Lipinski definition) is 0. The Bertz CT molecular complexity index is 1150. The summed E-state index contributed by atoms with van der Waals surface area (Å²) in [6.07, 6.45) is 3.75. The third-order valence-corrected chi connectivity index (χ3v) is 5.24. The lowest BCUT2D eigenvalue weighted by atomic mass is 9.42. The quantitative estimate of drug-likeness (QED) is 0.351. The van der Waals surface area contributed by atoms with E-state index in [1.54, 1.807) is 0 Å². The highest BCUT2D eigenvalue weighted by atomic mass is 14.6. The van der Waals surface area contributed by atoms with Crippen LogP contribution in [0.3, 0.4) is 0 Å². The molecular weight excluding hydrogens is 289 g/mol. The van der Waals surface area contributed by atoms with Gasteiger partial charge in [-0.1, -0.05) is 72.3 Å². The predicted molar refractivity (Wildman–Crippen MR) is 105 cm³/mol. The van der Waals surface area contributed by atoms with Crippen molar-refractivity contribution >= 4 is 50.0 Å². The minimum absolute atomic E-state index is 0.345. The highest BCUT2D eigenvalue weighted by Crippen LogP contribution is 2.33. The van der Waals surface area contributed by atoms with Crippen LogP contribution in [0.5, 0.6) is 0 Å². The lowest BCUT2D eigenvalue weighted by molar-refractivity contribution is 1.34. The third-order valence-electron chi connectivity index (χ3n) is 5.24. The molecule has 0 fully saturated rings. The van der Waals surface area contributed by atoms with Gasteiger partial charge in [-0.05, 0) is 44.5 Å². The van der Waals surface area contributed by atoms with Crippen LogP contribution in [0, 0.1) is 0 Å². The Balaban J connectivity index is 1.87. The number of hydrogen-bond acceptors (Lipinski definition) is 1. The van der Waals surface area contributed by atoms with Crippen LogP contribution in [0.15, 0.2) is 79.1 Å². The van der Waals surface area contributed by atoms with Crippen LogP contribution in [0.4, 0.5) is 0 Å². The molecule has 0 radical (unpaired) electrons. The molecule has 0 amide bonds. The molecule has 0 saturated heterocycles. The molecule has 2 heteroatoms. The summed E-state index contributed by atoms with van der Waals surface area (Å²) in [6, 6.07) is 24.4. The van der Waals surface area contributed by atoms with Crippen LogP contribution in [0.2, 0.25) is 6.82 Å². The molecule has 4 aromatic carbocycles. The summed E-state index contributed by atoms with van der Waals surface area (Å²) >= 11 is 0. The molecule has 0 spiro atoms. The summed E-state index contributed by atoms with van der Waals surface area (Å²) in [5.74, 6) is 0. The van der Waals surface area contributed by atoms with E-state index in [1.165, 1.54) is 43.2 Å². The maximum atomic E-state index is 4.15. The minimum atomic E-state index is 0.345. The van der Waals surface area contributed by atoms with Crippen LogP contribution in [0.25, 0.3) is 32.3 Å². The Morgan fingerprint density at radius 1 is 0.667 bits per heavy atom. The van der Waals surface area contributed by atoms with Crippen molar-refractivity contribution < 1.29 is 0 Å². The van der Waals surface area contributed by atoms with E-state index in [0.717, 1.165) is 0 Å².